The van der Waals surface area contributed by atoms with Crippen LogP contribution in [0.15, 0.2) is 54.6 Å². The van der Waals surface area contributed by atoms with Crippen LogP contribution < -0.4 is 5.73 Å². The molecule has 0 atom stereocenters. The summed E-state index contributed by atoms with van der Waals surface area (Å²) < 4.78 is 0. The van der Waals surface area contributed by atoms with E-state index >= 15 is 0 Å². The molecule has 0 unspecified atom stereocenters. The van der Waals surface area contributed by atoms with Crippen LogP contribution in [-0.2, 0) is 22.6 Å². The Bertz CT molecular complexity index is 672. The zero-order valence-electron chi connectivity index (χ0n) is 13.5. The molecule has 0 aliphatic rings. The van der Waals surface area contributed by atoms with E-state index in [0.29, 0.717) is 31.0 Å². The lowest BCUT2D eigenvalue weighted by molar-refractivity contribution is -0.132. The van der Waals surface area contributed by atoms with Crippen LogP contribution in [0.1, 0.15) is 24.0 Å². The van der Waals surface area contributed by atoms with Crippen LogP contribution in [0, 0.1) is 0 Å². The summed E-state index contributed by atoms with van der Waals surface area (Å²) in [7, 11) is 0. The van der Waals surface area contributed by atoms with E-state index in [1.807, 2.05) is 54.6 Å². The molecular formula is C19H21ClN2O2. The average molecular weight is 345 g/mol. The van der Waals surface area contributed by atoms with Gasteiger partial charge in [0.1, 0.15) is 0 Å². The van der Waals surface area contributed by atoms with Crippen molar-refractivity contribution in [3.63, 3.8) is 0 Å². The van der Waals surface area contributed by atoms with Crippen LogP contribution in [0.2, 0.25) is 5.02 Å². The van der Waals surface area contributed by atoms with Crippen molar-refractivity contribution in [2.75, 3.05) is 6.54 Å². The smallest absolute Gasteiger partial charge is 0.223 e. The quantitative estimate of drug-likeness (QED) is 0.799. The molecule has 126 valence electrons. The summed E-state index contributed by atoms with van der Waals surface area (Å²) in [6.07, 6.45) is 1.19. The van der Waals surface area contributed by atoms with Crippen molar-refractivity contribution in [3.05, 3.63) is 70.7 Å². The van der Waals surface area contributed by atoms with Crippen molar-refractivity contribution >= 4 is 23.4 Å². The highest BCUT2D eigenvalue weighted by atomic mass is 35.5. The van der Waals surface area contributed by atoms with Gasteiger partial charge in [0.2, 0.25) is 11.8 Å². The van der Waals surface area contributed by atoms with E-state index in [4.69, 9.17) is 17.3 Å². The summed E-state index contributed by atoms with van der Waals surface area (Å²) in [5.41, 5.74) is 7.31. The Morgan fingerprint density at radius 1 is 0.917 bits per heavy atom. The van der Waals surface area contributed by atoms with Gasteiger partial charge in [-0.25, -0.2) is 0 Å². The topological polar surface area (TPSA) is 63.4 Å². The normalized spacial score (nSPS) is 10.4. The van der Waals surface area contributed by atoms with Gasteiger partial charge in [-0.3, -0.25) is 9.59 Å². The number of hydrogen-bond acceptors (Lipinski definition) is 2. The highest BCUT2D eigenvalue weighted by molar-refractivity contribution is 6.30. The first kappa shape index (κ1) is 18.0. The molecule has 0 saturated heterocycles. The number of rotatable bonds is 8. The predicted octanol–water partition coefficient (Wildman–Crippen LogP) is 3.18. The van der Waals surface area contributed by atoms with E-state index in [9.17, 15) is 9.59 Å². The summed E-state index contributed by atoms with van der Waals surface area (Å²) in [5.74, 6) is -0.395. The van der Waals surface area contributed by atoms with Gasteiger partial charge >= 0.3 is 0 Å². The van der Waals surface area contributed by atoms with E-state index < -0.39 is 5.91 Å². The van der Waals surface area contributed by atoms with Gasteiger partial charge in [-0.2, -0.15) is 0 Å². The number of amides is 2. The first-order valence-electron chi connectivity index (χ1n) is 7.89. The van der Waals surface area contributed by atoms with Crippen LogP contribution in [0.5, 0.6) is 0 Å². The largest absolute Gasteiger partial charge is 0.370 e. The molecule has 5 heteroatoms. The minimum absolute atomic E-state index is 0.00931. The lowest BCUT2D eigenvalue weighted by Gasteiger charge is -2.22. The molecule has 0 fully saturated rings. The molecule has 24 heavy (non-hydrogen) atoms. The molecule has 0 aromatic heterocycles. The lowest BCUT2D eigenvalue weighted by Crippen LogP contribution is -2.33. The molecule has 0 saturated carbocycles. The SMILES string of the molecule is NC(=O)CCN(Cc1ccccc1)C(=O)CCc1ccc(Cl)cc1. The van der Waals surface area contributed by atoms with Gasteiger partial charge in [0.05, 0.1) is 0 Å². The summed E-state index contributed by atoms with van der Waals surface area (Å²) in [4.78, 5) is 25.3. The molecule has 0 aliphatic heterocycles. The van der Waals surface area contributed by atoms with Gasteiger partial charge in [0.15, 0.2) is 0 Å². The Morgan fingerprint density at radius 3 is 2.21 bits per heavy atom. The minimum atomic E-state index is -0.404. The summed E-state index contributed by atoms with van der Waals surface area (Å²) in [6, 6.07) is 17.2. The highest BCUT2D eigenvalue weighted by Crippen LogP contribution is 2.13. The Labute approximate surface area is 147 Å². The summed E-state index contributed by atoms with van der Waals surface area (Å²) >= 11 is 5.87. The van der Waals surface area contributed by atoms with Gasteiger partial charge in [-0.05, 0) is 29.7 Å². The number of primary amides is 1. The summed E-state index contributed by atoms with van der Waals surface area (Å²) in [6.45, 7) is 0.817. The van der Waals surface area contributed by atoms with Gasteiger partial charge in [-0.15, -0.1) is 0 Å². The molecular weight excluding hydrogens is 324 g/mol. The van der Waals surface area contributed by atoms with Crippen LogP contribution in [0.4, 0.5) is 0 Å². The third kappa shape index (κ3) is 6.05. The lowest BCUT2D eigenvalue weighted by atomic mass is 10.1. The predicted molar refractivity (Wildman–Crippen MR) is 95.4 cm³/mol. The van der Waals surface area contributed by atoms with E-state index in [0.717, 1.165) is 11.1 Å². The van der Waals surface area contributed by atoms with Crippen molar-refractivity contribution in [1.29, 1.82) is 0 Å². The molecule has 0 spiro atoms. The van der Waals surface area contributed by atoms with Gasteiger partial charge in [-0.1, -0.05) is 54.1 Å². The van der Waals surface area contributed by atoms with Crippen molar-refractivity contribution in [2.45, 2.75) is 25.8 Å². The van der Waals surface area contributed by atoms with Crippen LogP contribution in [0.25, 0.3) is 0 Å². The molecule has 0 heterocycles. The molecule has 0 bridgehead atoms. The molecule has 2 aromatic rings. The molecule has 2 aromatic carbocycles. The van der Waals surface area contributed by atoms with Crippen molar-refractivity contribution in [2.24, 2.45) is 5.73 Å². The molecule has 2 N–H and O–H groups in total. The minimum Gasteiger partial charge on any atom is -0.370 e. The molecule has 2 rings (SSSR count). The number of carbonyl (C=O) groups is 2. The molecule has 4 nitrogen and oxygen atoms in total. The second-order valence-electron chi connectivity index (χ2n) is 5.64. The number of benzene rings is 2. The third-order valence-electron chi connectivity index (χ3n) is 3.74. The van der Waals surface area contributed by atoms with E-state index in [2.05, 4.69) is 0 Å². The Hall–Kier alpha value is -2.33. The number of hydrogen-bond donors (Lipinski definition) is 1. The second-order valence-corrected chi connectivity index (χ2v) is 6.08. The standard InChI is InChI=1S/C19H21ClN2O2/c20-17-9-6-15(7-10-17)8-11-19(24)22(13-12-18(21)23)14-16-4-2-1-3-5-16/h1-7,9-10H,8,11-14H2,(H2,21,23). The van der Waals surface area contributed by atoms with Gasteiger partial charge in [0, 0.05) is 31.0 Å². The first-order valence-corrected chi connectivity index (χ1v) is 8.27. The second kappa shape index (κ2) is 9.08. The molecule has 0 aliphatic carbocycles. The van der Waals surface area contributed by atoms with Crippen molar-refractivity contribution in [1.82, 2.24) is 4.90 Å². The van der Waals surface area contributed by atoms with E-state index in [1.54, 1.807) is 4.90 Å². The van der Waals surface area contributed by atoms with Crippen molar-refractivity contribution < 1.29 is 9.59 Å². The third-order valence-corrected chi connectivity index (χ3v) is 3.99. The molecule has 0 radical (unpaired) electrons. The highest BCUT2D eigenvalue weighted by Gasteiger charge is 2.15. The maximum absolute atomic E-state index is 12.5. The Kier molecular flexibility index (Phi) is 6.82. The van der Waals surface area contributed by atoms with Crippen LogP contribution >= 0.6 is 11.6 Å². The number of aryl methyl sites for hydroxylation is 1. The zero-order valence-corrected chi connectivity index (χ0v) is 14.2. The van der Waals surface area contributed by atoms with Crippen LogP contribution in [0.3, 0.4) is 0 Å². The molecule has 2 amide bonds. The fourth-order valence-electron chi connectivity index (χ4n) is 2.40. The van der Waals surface area contributed by atoms with Crippen LogP contribution in [-0.4, -0.2) is 23.3 Å². The van der Waals surface area contributed by atoms with Crippen molar-refractivity contribution in [3.8, 4) is 0 Å². The van der Waals surface area contributed by atoms with Gasteiger partial charge < -0.3 is 10.6 Å². The number of nitrogens with two attached hydrogens (primary N) is 1. The fourth-order valence-corrected chi connectivity index (χ4v) is 2.53. The van der Waals surface area contributed by atoms with Gasteiger partial charge in [0.25, 0.3) is 0 Å². The first-order chi connectivity index (χ1) is 11.5. The fraction of sp³-hybridized carbons (Fsp3) is 0.263. The zero-order chi connectivity index (χ0) is 17.4. The Morgan fingerprint density at radius 2 is 1.58 bits per heavy atom. The maximum atomic E-state index is 12.5. The maximum Gasteiger partial charge on any atom is 0.223 e. The monoisotopic (exact) mass is 344 g/mol. The number of carbonyl (C=O) groups excluding carboxylic acids is 2. The number of nitrogens with zero attached hydrogens (tertiary/aromatic N) is 1. The van der Waals surface area contributed by atoms with E-state index in [-0.39, 0.29) is 12.3 Å². The Balaban J connectivity index is 1.97. The average Bonchev–Trinajstić information content (AvgIpc) is 2.58. The van der Waals surface area contributed by atoms with E-state index in [1.165, 1.54) is 0 Å². The number of halogens is 1. The summed E-state index contributed by atoms with van der Waals surface area (Å²) in [5, 5.41) is 0.678.